The molecule has 0 aromatic heterocycles. The number of hydrogen-bond donors (Lipinski definition) is 2. The van der Waals surface area contributed by atoms with Crippen LogP contribution in [-0.4, -0.2) is 18.5 Å². The maximum absolute atomic E-state index is 12.5. The minimum atomic E-state index is -0.136. The first-order valence-corrected chi connectivity index (χ1v) is 8.18. The molecule has 116 valence electrons. The molecule has 0 spiro atoms. The average molecular weight is 296 g/mol. The van der Waals surface area contributed by atoms with Crippen LogP contribution in [0.3, 0.4) is 0 Å². The lowest BCUT2D eigenvalue weighted by Gasteiger charge is -2.22. The van der Waals surface area contributed by atoms with E-state index in [1.54, 1.807) is 0 Å². The highest BCUT2D eigenvalue weighted by atomic mass is 16.1. The molecule has 0 heterocycles. The van der Waals surface area contributed by atoms with Gasteiger partial charge >= 0.3 is 0 Å². The second kappa shape index (κ2) is 6.49. The number of fused-ring (bicyclic) bond motifs is 1. The fourth-order valence-electron chi connectivity index (χ4n) is 3.45. The lowest BCUT2D eigenvalue weighted by Crippen LogP contribution is -2.41. The highest BCUT2D eigenvalue weighted by Gasteiger charge is 2.28. The summed E-state index contributed by atoms with van der Waals surface area (Å²) in [6.45, 7) is 2.64. The van der Waals surface area contributed by atoms with E-state index in [9.17, 15) is 4.79 Å². The minimum absolute atomic E-state index is 0.112. The summed E-state index contributed by atoms with van der Waals surface area (Å²) in [4.78, 5) is 12.5. The Morgan fingerprint density at radius 3 is 2.77 bits per heavy atom. The van der Waals surface area contributed by atoms with Gasteiger partial charge in [0.15, 0.2) is 0 Å². The topological polar surface area (TPSA) is 55.1 Å². The maximum Gasteiger partial charge on any atom is 0.227 e. The van der Waals surface area contributed by atoms with Crippen LogP contribution in [0.5, 0.6) is 0 Å². The van der Waals surface area contributed by atoms with Crippen molar-refractivity contribution < 1.29 is 4.79 Å². The molecular formula is C19H24N2O. The molecule has 1 aliphatic carbocycles. The van der Waals surface area contributed by atoms with E-state index in [4.69, 9.17) is 5.73 Å². The lowest BCUT2D eigenvalue weighted by atomic mass is 9.96. The van der Waals surface area contributed by atoms with Gasteiger partial charge in [0, 0.05) is 6.04 Å². The van der Waals surface area contributed by atoms with Gasteiger partial charge in [0.1, 0.15) is 0 Å². The summed E-state index contributed by atoms with van der Waals surface area (Å²) in [5.41, 5.74) is 6.87. The van der Waals surface area contributed by atoms with Crippen LogP contribution >= 0.6 is 0 Å². The number of benzene rings is 2. The minimum Gasteiger partial charge on any atom is -0.353 e. The standard InChI is InChI=1S/C19H24N2O/c1-13(19(22)21-18-8-4-7-17(18)12-20)15-10-9-14-5-2-3-6-16(14)11-15/h2-3,5-6,9-11,13,17-18H,4,7-8,12,20H2,1H3,(H,21,22). The summed E-state index contributed by atoms with van der Waals surface area (Å²) < 4.78 is 0. The Hall–Kier alpha value is -1.87. The van der Waals surface area contributed by atoms with Crippen molar-refractivity contribution in [3.05, 3.63) is 48.0 Å². The first-order valence-electron chi connectivity index (χ1n) is 8.18. The van der Waals surface area contributed by atoms with Gasteiger partial charge in [-0.1, -0.05) is 48.9 Å². The van der Waals surface area contributed by atoms with Crippen molar-refractivity contribution in [2.45, 2.75) is 38.1 Å². The molecule has 3 atom stereocenters. The molecule has 2 aromatic rings. The summed E-state index contributed by atoms with van der Waals surface area (Å²) in [5, 5.41) is 5.59. The Labute approximate surface area is 131 Å². The largest absolute Gasteiger partial charge is 0.353 e. The summed E-state index contributed by atoms with van der Waals surface area (Å²) in [6, 6.07) is 14.8. The summed E-state index contributed by atoms with van der Waals surface area (Å²) in [5.74, 6) is 0.414. The molecule has 2 aromatic carbocycles. The number of hydrogen-bond acceptors (Lipinski definition) is 2. The van der Waals surface area contributed by atoms with Crippen LogP contribution in [0.4, 0.5) is 0 Å². The smallest absolute Gasteiger partial charge is 0.227 e. The molecule has 0 aliphatic heterocycles. The van der Waals surface area contributed by atoms with E-state index in [0.29, 0.717) is 12.5 Å². The second-order valence-corrected chi connectivity index (χ2v) is 6.37. The van der Waals surface area contributed by atoms with E-state index >= 15 is 0 Å². The van der Waals surface area contributed by atoms with Gasteiger partial charge in [0.25, 0.3) is 0 Å². The normalized spacial score (nSPS) is 22.6. The van der Waals surface area contributed by atoms with Crippen molar-refractivity contribution in [3.63, 3.8) is 0 Å². The van der Waals surface area contributed by atoms with Gasteiger partial charge in [-0.2, -0.15) is 0 Å². The molecule has 1 fully saturated rings. The molecule has 22 heavy (non-hydrogen) atoms. The molecule has 3 unspecified atom stereocenters. The van der Waals surface area contributed by atoms with E-state index < -0.39 is 0 Å². The van der Waals surface area contributed by atoms with Crippen molar-refractivity contribution in [2.24, 2.45) is 11.7 Å². The van der Waals surface area contributed by atoms with Crippen molar-refractivity contribution >= 4 is 16.7 Å². The first-order chi connectivity index (χ1) is 10.7. The Kier molecular flexibility index (Phi) is 4.44. The molecular weight excluding hydrogens is 272 g/mol. The molecule has 3 heteroatoms. The van der Waals surface area contributed by atoms with Crippen LogP contribution in [0.25, 0.3) is 10.8 Å². The van der Waals surface area contributed by atoms with Crippen LogP contribution in [-0.2, 0) is 4.79 Å². The Balaban J connectivity index is 1.74. The fourth-order valence-corrected chi connectivity index (χ4v) is 3.45. The highest BCUT2D eigenvalue weighted by molar-refractivity contribution is 5.87. The predicted molar refractivity (Wildman–Crippen MR) is 90.7 cm³/mol. The van der Waals surface area contributed by atoms with E-state index in [0.717, 1.165) is 24.8 Å². The zero-order valence-corrected chi connectivity index (χ0v) is 13.1. The van der Waals surface area contributed by atoms with Crippen LogP contribution in [0.1, 0.15) is 37.7 Å². The van der Waals surface area contributed by atoms with Crippen molar-refractivity contribution in [1.82, 2.24) is 5.32 Å². The first kappa shape index (κ1) is 15.0. The van der Waals surface area contributed by atoms with Crippen LogP contribution < -0.4 is 11.1 Å². The predicted octanol–water partition coefficient (Wildman–Crippen LogP) is 3.19. The quantitative estimate of drug-likeness (QED) is 0.910. The molecule has 0 bridgehead atoms. The Morgan fingerprint density at radius 1 is 1.23 bits per heavy atom. The van der Waals surface area contributed by atoms with E-state index in [-0.39, 0.29) is 17.9 Å². The zero-order valence-electron chi connectivity index (χ0n) is 13.1. The van der Waals surface area contributed by atoms with E-state index in [1.807, 2.05) is 19.1 Å². The SMILES string of the molecule is CC(C(=O)NC1CCCC1CN)c1ccc2ccccc2c1. The molecule has 3 N–H and O–H groups in total. The molecule has 1 saturated carbocycles. The van der Waals surface area contributed by atoms with Gasteiger partial charge in [-0.05, 0) is 48.6 Å². The number of carbonyl (C=O) groups excluding carboxylic acids is 1. The van der Waals surface area contributed by atoms with Gasteiger partial charge < -0.3 is 11.1 Å². The molecule has 3 nitrogen and oxygen atoms in total. The second-order valence-electron chi connectivity index (χ2n) is 6.37. The van der Waals surface area contributed by atoms with Gasteiger partial charge in [0.05, 0.1) is 5.92 Å². The van der Waals surface area contributed by atoms with Gasteiger partial charge in [-0.3, -0.25) is 4.79 Å². The molecule has 1 aliphatic rings. The fraction of sp³-hybridized carbons (Fsp3) is 0.421. The summed E-state index contributed by atoms with van der Waals surface area (Å²) in [6.07, 6.45) is 3.35. The highest BCUT2D eigenvalue weighted by Crippen LogP contribution is 2.26. The number of nitrogens with one attached hydrogen (secondary N) is 1. The number of nitrogens with two attached hydrogens (primary N) is 1. The lowest BCUT2D eigenvalue weighted by molar-refractivity contribution is -0.123. The zero-order chi connectivity index (χ0) is 15.5. The van der Waals surface area contributed by atoms with Crippen molar-refractivity contribution in [1.29, 1.82) is 0 Å². The summed E-state index contributed by atoms with van der Waals surface area (Å²) >= 11 is 0. The van der Waals surface area contributed by atoms with E-state index in [2.05, 4.69) is 35.6 Å². The third-order valence-electron chi connectivity index (χ3n) is 4.96. The Morgan fingerprint density at radius 2 is 2.00 bits per heavy atom. The number of amides is 1. The molecule has 0 radical (unpaired) electrons. The third-order valence-corrected chi connectivity index (χ3v) is 4.96. The number of rotatable bonds is 4. The van der Waals surface area contributed by atoms with Crippen LogP contribution in [0.15, 0.2) is 42.5 Å². The monoisotopic (exact) mass is 296 g/mol. The van der Waals surface area contributed by atoms with Gasteiger partial charge in [-0.25, -0.2) is 0 Å². The van der Waals surface area contributed by atoms with Crippen molar-refractivity contribution in [3.8, 4) is 0 Å². The third kappa shape index (κ3) is 3.00. The van der Waals surface area contributed by atoms with Crippen LogP contribution in [0, 0.1) is 5.92 Å². The van der Waals surface area contributed by atoms with Crippen molar-refractivity contribution in [2.75, 3.05) is 6.54 Å². The summed E-state index contributed by atoms with van der Waals surface area (Å²) in [7, 11) is 0. The van der Waals surface area contributed by atoms with Gasteiger partial charge in [0.2, 0.25) is 5.91 Å². The average Bonchev–Trinajstić information content (AvgIpc) is 3.00. The van der Waals surface area contributed by atoms with Gasteiger partial charge in [-0.15, -0.1) is 0 Å². The molecule has 1 amide bonds. The molecule has 3 rings (SSSR count). The number of carbonyl (C=O) groups is 1. The Bertz CT molecular complexity index is 667. The molecule has 0 saturated heterocycles. The van der Waals surface area contributed by atoms with Crippen LogP contribution in [0.2, 0.25) is 0 Å². The maximum atomic E-state index is 12.5. The van der Waals surface area contributed by atoms with E-state index in [1.165, 1.54) is 10.8 Å².